The van der Waals surface area contributed by atoms with Crippen LogP contribution in [0.4, 0.5) is 11.4 Å². The Morgan fingerprint density at radius 1 is 1.57 bits per heavy atom. The zero-order valence-electron chi connectivity index (χ0n) is 8.33. The average Bonchev–Trinajstić information content (AvgIpc) is 2.18. The van der Waals surface area contributed by atoms with Crippen molar-refractivity contribution in [3.8, 4) is 5.75 Å². The third-order valence-corrected chi connectivity index (χ3v) is 1.82. The standard InChI is InChI=1S/C10H14N2O2/c1-3-10(13)12-8-6-7(11)4-5-9(8)14-2/h4-6H,3,11H2,1-2H3,(H,12,13). The minimum Gasteiger partial charge on any atom is -0.495 e. The Kier molecular flexibility index (Phi) is 3.34. The lowest BCUT2D eigenvalue weighted by molar-refractivity contribution is -0.115. The van der Waals surface area contributed by atoms with Crippen molar-refractivity contribution in [1.29, 1.82) is 0 Å². The number of rotatable bonds is 3. The Bertz CT molecular complexity index is 337. The second kappa shape index (κ2) is 4.50. The minimum absolute atomic E-state index is 0.0612. The van der Waals surface area contributed by atoms with E-state index in [-0.39, 0.29) is 5.91 Å². The fourth-order valence-electron chi connectivity index (χ4n) is 1.06. The first-order valence-electron chi connectivity index (χ1n) is 4.40. The number of hydrogen-bond donors (Lipinski definition) is 2. The molecule has 1 aromatic carbocycles. The van der Waals surface area contributed by atoms with Crippen LogP contribution in [0.25, 0.3) is 0 Å². The lowest BCUT2D eigenvalue weighted by Crippen LogP contribution is -2.10. The number of nitrogens with two attached hydrogens (primary N) is 1. The van der Waals surface area contributed by atoms with Crippen LogP contribution in [-0.2, 0) is 4.79 Å². The van der Waals surface area contributed by atoms with E-state index in [1.54, 1.807) is 32.2 Å². The molecule has 0 saturated carbocycles. The second-order valence-corrected chi connectivity index (χ2v) is 2.86. The highest BCUT2D eigenvalue weighted by Gasteiger charge is 2.05. The molecule has 0 spiro atoms. The van der Waals surface area contributed by atoms with Crippen molar-refractivity contribution >= 4 is 17.3 Å². The van der Waals surface area contributed by atoms with Crippen LogP contribution < -0.4 is 15.8 Å². The van der Waals surface area contributed by atoms with Gasteiger partial charge in [0.15, 0.2) is 0 Å². The van der Waals surface area contributed by atoms with Crippen molar-refractivity contribution < 1.29 is 9.53 Å². The number of carbonyl (C=O) groups is 1. The van der Waals surface area contributed by atoms with E-state index in [4.69, 9.17) is 10.5 Å². The molecule has 0 bridgehead atoms. The van der Waals surface area contributed by atoms with Gasteiger partial charge in [-0.25, -0.2) is 0 Å². The van der Waals surface area contributed by atoms with E-state index in [1.165, 1.54) is 0 Å². The molecular weight excluding hydrogens is 180 g/mol. The van der Waals surface area contributed by atoms with Gasteiger partial charge in [-0.05, 0) is 18.2 Å². The highest BCUT2D eigenvalue weighted by molar-refractivity contribution is 5.92. The Morgan fingerprint density at radius 2 is 2.29 bits per heavy atom. The Hall–Kier alpha value is -1.71. The first-order chi connectivity index (χ1) is 6.67. The second-order valence-electron chi connectivity index (χ2n) is 2.86. The summed E-state index contributed by atoms with van der Waals surface area (Å²) in [5, 5.41) is 2.71. The Morgan fingerprint density at radius 3 is 2.86 bits per heavy atom. The molecule has 0 aliphatic rings. The molecule has 0 radical (unpaired) electrons. The summed E-state index contributed by atoms with van der Waals surface area (Å²) in [4.78, 5) is 11.2. The summed E-state index contributed by atoms with van der Waals surface area (Å²) in [6, 6.07) is 5.12. The zero-order valence-corrected chi connectivity index (χ0v) is 8.33. The maximum absolute atomic E-state index is 11.2. The summed E-state index contributed by atoms with van der Waals surface area (Å²) in [6.07, 6.45) is 0.429. The predicted octanol–water partition coefficient (Wildman–Crippen LogP) is 1.63. The molecule has 1 amide bonds. The van der Waals surface area contributed by atoms with Gasteiger partial charge < -0.3 is 15.8 Å². The fourth-order valence-corrected chi connectivity index (χ4v) is 1.06. The molecule has 0 atom stereocenters. The molecule has 0 aromatic heterocycles. The van der Waals surface area contributed by atoms with Crippen molar-refractivity contribution in [2.24, 2.45) is 0 Å². The number of nitrogens with one attached hydrogen (secondary N) is 1. The van der Waals surface area contributed by atoms with Gasteiger partial charge in [0, 0.05) is 12.1 Å². The van der Waals surface area contributed by atoms with E-state index >= 15 is 0 Å². The quantitative estimate of drug-likeness (QED) is 0.719. The highest BCUT2D eigenvalue weighted by atomic mass is 16.5. The van der Waals surface area contributed by atoms with Crippen LogP contribution in [0.15, 0.2) is 18.2 Å². The number of amides is 1. The summed E-state index contributed by atoms with van der Waals surface area (Å²) in [6.45, 7) is 1.79. The molecule has 14 heavy (non-hydrogen) atoms. The third-order valence-electron chi connectivity index (χ3n) is 1.82. The molecule has 0 heterocycles. The van der Waals surface area contributed by atoms with Crippen LogP contribution in [-0.4, -0.2) is 13.0 Å². The summed E-state index contributed by atoms with van der Waals surface area (Å²) in [7, 11) is 1.55. The van der Waals surface area contributed by atoms with Gasteiger partial charge in [0.25, 0.3) is 0 Å². The summed E-state index contributed by atoms with van der Waals surface area (Å²) < 4.78 is 5.08. The summed E-state index contributed by atoms with van der Waals surface area (Å²) in [5.41, 5.74) is 6.80. The molecule has 0 unspecified atom stereocenters. The zero-order chi connectivity index (χ0) is 10.6. The van der Waals surface area contributed by atoms with Gasteiger partial charge in [0.1, 0.15) is 5.75 Å². The lowest BCUT2D eigenvalue weighted by Gasteiger charge is -2.09. The average molecular weight is 194 g/mol. The molecule has 1 aromatic rings. The van der Waals surface area contributed by atoms with Crippen molar-refractivity contribution in [3.63, 3.8) is 0 Å². The summed E-state index contributed by atoms with van der Waals surface area (Å²) in [5.74, 6) is 0.551. The first kappa shape index (κ1) is 10.4. The van der Waals surface area contributed by atoms with Crippen molar-refractivity contribution in [3.05, 3.63) is 18.2 Å². The molecule has 4 nitrogen and oxygen atoms in total. The highest BCUT2D eigenvalue weighted by Crippen LogP contribution is 2.26. The predicted molar refractivity (Wildman–Crippen MR) is 56.3 cm³/mol. The smallest absolute Gasteiger partial charge is 0.224 e. The van der Waals surface area contributed by atoms with Gasteiger partial charge in [-0.15, -0.1) is 0 Å². The SMILES string of the molecule is CCC(=O)Nc1cc(N)ccc1OC. The van der Waals surface area contributed by atoms with Crippen molar-refractivity contribution in [1.82, 2.24) is 0 Å². The number of ether oxygens (including phenoxy) is 1. The van der Waals surface area contributed by atoms with E-state index < -0.39 is 0 Å². The van der Waals surface area contributed by atoms with Crippen LogP contribution >= 0.6 is 0 Å². The number of nitrogen functional groups attached to an aromatic ring is 1. The van der Waals surface area contributed by atoms with Gasteiger partial charge in [0.2, 0.25) is 5.91 Å². The van der Waals surface area contributed by atoms with Gasteiger partial charge in [0.05, 0.1) is 12.8 Å². The maximum Gasteiger partial charge on any atom is 0.224 e. The van der Waals surface area contributed by atoms with E-state index in [0.717, 1.165) is 0 Å². The molecule has 1 rings (SSSR count). The van der Waals surface area contributed by atoms with Crippen LogP contribution in [0.5, 0.6) is 5.75 Å². The Balaban J connectivity index is 2.93. The molecule has 3 N–H and O–H groups in total. The molecular formula is C10H14N2O2. The first-order valence-corrected chi connectivity index (χ1v) is 4.40. The van der Waals surface area contributed by atoms with Crippen LogP contribution in [0, 0.1) is 0 Å². The van der Waals surface area contributed by atoms with Gasteiger partial charge in [-0.2, -0.15) is 0 Å². The van der Waals surface area contributed by atoms with Crippen LogP contribution in [0.2, 0.25) is 0 Å². The number of hydrogen-bond acceptors (Lipinski definition) is 3. The molecule has 76 valence electrons. The molecule has 0 fully saturated rings. The number of methoxy groups -OCH3 is 1. The summed E-state index contributed by atoms with van der Waals surface area (Å²) >= 11 is 0. The van der Waals surface area contributed by atoms with E-state index in [9.17, 15) is 4.79 Å². The van der Waals surface area contributed by atoms with Gasteiger partial charge >= 0.3 is 0 Å². The molecule has 0 aliphatic heterocycles. The van der Waals surface area contributed by atoms with Crippen molar-refractivity contribution in [2.75, 3.05) is 18.2 Å². The monoisotopic (exact) mass is 194 g/mol. The molecule has 4 heteroatoms. The third kappa shape index (κ3) is 2.39. The Labute approximate surface area is 83.1 Å². The van der Waals surface area contributed by atoms with E-state index in [2.05, 4.69) is 5.32 Å². The largest absolute Gasteiger partial charge is 0.495 e. The minimum atomic E-state index is -0.0612. The molecule has 0 saturated heterocycles. The topological polar surface area (TPSA) is 64.4 Å². The van der Waals surface area contributed by atoms with Gasteiger partial charge in [-0.3, -0.25) is 4.79 Å². The number of benzene rings is 1. The fraction of sp³-hybridized carbons (Fsp3) is 0.300. The lowest BCUT2D eigenvalue weighted by atomic mass is 10.2. The van der Waals surface area contributed by atoms with Crippen LogP contribution in [0.3, 0.4) is 0 Å². The molecule has 0 aliphatic carbocycles. The van der Waals surface area contributed by atoms with E-state index in [1.807, 2.05) is 0 Å². The number of carbonyl (C=O) groups excluding carboxylic acids is 1. The van der Waals surface area contributed by atoms with Crippen LogP contribution in [0.1, 0.15) is 13.3 Å². The maximum atomic E-state index is 11.2. The van der Waals surface area contributed by atoms with Crippen molar-refractivity contribution in [2.45, 2.75) is 13.3 Å². The normalized spacial score (nSPS) is 9.57. The van der Waals surface area contributed by atoms with E-state index in [0.29, 0.717) is 23.5 Å². The number of anilines is 2. The van der Waals surface area contributed by atoms with Gasteiger partial charge in [-0.1, -0.05) is 6.92 Å².